The zero-order valence-electron chi connectivity index (χ0n) is 19.8. The predicted octanol–water partition coefficient (Wildman–Crippen LogP) is -12.9. The average Bonchev–Trinajstić information content (AvgIpc) is 2.26. The van der Waals surface area contributed by atoms with Crippen molar-refractivity contribution in [1.29, 1.82) is 0 Å². The van der Waals surface area contributed by atoms with Crippen molar-refractivity contribution in [3.05, 3.63) is 0 Å². The Labute approximate surface area is 443 Å². The van der Waals surface area contributed by atoms with Gasteiger partial charge in [0.2, 0.25) is 0 Å². The van der Waals surface area contributed by atoms with E-state index in [-0.39, 0.29) is 207 Å². The zero-order chi connectivity index (χ0) is 40.5. The molecule has 0 spiro atoms. The zero-order valence-corrected chi connectivity index (χ0v) is 27.8. The molecule has 0 aromatic carbocycles. The summed E-state index contributed by atoms with van der Waals surface area (Å²) < 4.78 is 79.9. The van der Waals surface area contributed by atoms with Gasteiger partial charge in [-0.05, 0) is 0 Å². The van der Waals surface area contributed by atoms with E-state index >= 15 is 0 Å². The van der Waals surface area contributed by atoms with Gasteiger partial charge < -0.3 is 132 Å². The van der Waals surface area contributed by atoms with Crippen LogP contribution in [0.4, 0.5) is 0 Å². The number of hydrogen-bond acceptors (Lipinski definition) is 9. The summed E-state index contributed by atoms with van der Waals surface area (Å²) in [6.07, 6.45) is 0. The Morgan fingerprint density at radius 1 is 0.135 bits per heavy atom. The molecule has 0 heterocycles. The minimum absolute atomic E-state index is 0. The van der Waals surface area contributed by atoms with E-state index in [0.717, 1.165) is 0 Å². The maximum atomic E-state index is 8.88. The molecule has 0 unspecified atom stereocenters. The van der Waals surface area contributed by atoms with Crippen LogP contribution < -0.4 is 0 Å². The van der Waals surface area contributed by atoms with Gasteiger partial charge in [0, 0.05) is 0 Å². The fraction of sp³-hybridized carbons (Fsp3) is 0. The number of hydrogen-bond donors (Lipinski definition) is 27. The third kappa shape index (κ3) is 2950. The Kier molecular flexibility index (Phi) is 107. The molecular formula is H34Na7O36P9. The van der Waals surface area contributed by atoms with Crippen LogP contribution in [0.25, 0.3) is 0 Å². The van der Waals surface area contributed by atoms with Crippen LogP contribution in [0.5, 0.6) is 0 Å². The summed E-state index contributed by atoms with van der Waals surface area (Å²) >= 11 is 0. The van der Waals surface area contributed by atoms with Gasteiger partial charge >= 0.3 is 277 Å². The van der Waals surface area contributed by atoms with Crippen LogP contribution >= 0.6 is 70.4 Å². The second-order valence-electron chi connectivity index (χ2n) is 4.62. The van der Waals surface area contributed by atoms with E-state index in [1.165, 1.54) is 0 Å². The molecule has 0 aliphatic carbocycles. The van der Waals surface area contributed by atoms with Crippen molar-refractivity contribution in [2.24, 2.45) is 0 Å². The fourth-order valence-electron chi connectivity index (χ4n) is 0. The van der Waals surface area contributed by atoms with Gasteiger partial charge in [-0.2, -0.15) is 0 Å². The molecule has 52 heavy (non-hydrogen) atoms. The number of phosphoric acid groups is 9. The summed E-state index contributed by atoms with van der Waals surface area (Å²) in [5.41, 5.74) is 0. The molecule has 0 aromatic rings. The molecule has 0 amide bonds. The first-order chi connectivity index (χ1) is 18.0. The average molecular weight is 1050 g/mol. The number of rotatable bonds is 0. The van der Waals surface area contributed by atoms with E-state index < -0.39 is 70.4 Å². The molecule has 0 bridgehead atoms. The molecule has 0 aliphatic heterocycles. The van der Waals surface area contributed by atoms with Gasteiger partial charge in [0.15, 0.2) is 0 Å². The minimum atomic E-state index is -4.64. The molecule has 0 fully saturated rings. The SMILES string of the molecule is O=P(O)(O)O.O=P(O)(O)O.O=P(O)(O)O.O=P(O)(O)O.O=P(O)(O)O.O=P(O)(O)O.O=P(O)(O)O.O=P(O)(O)O.O=P(O)(O)O.[NaH].[NaH].[NaH].[NaH].[NaH].[NaH].[NaH]. The summed E-state index contributed by atoms with van der Waals surface area (Å²) in [6, 6.07) is 0. The van der Waals surface area contributed by atoms with Crippen molar-refractivity contribution < 1.29 is 173 Å². The third-order valence-electron chi connectivity index (χ3n) is 0. The van der Waals surface area contributed by atoms with E-state index in [1.54, 1.807) is 0 Å². The van der Waals surface area contributed by atoms with Gasteiger partial charge in [0.25, 0.3) is 0 Å². The molecular weight excluding hydrogens is 1020 g/mol. The Morgan fingerprint density at radius 2 is 0.135 bits per heavy atom. The Morgan fingerprint density at radius 3 is 0.135 bits per heavy atom. The predicted molar refractivity (Wildman–Crippen MR) is 178 cm³/mol. The monoisotopic (exact) mass is 1050 g/mol. The second kappa shape index (κ2) is 51.6. The molecule has 302 valence electrons. The quantitative estimate of drug-likeness (QED) is 0.0791. The summed E-state index contributed by atoms with van der Waals surface area (Å²) in [4.78, 5) is 194. The molecule has 0 saturated carbocycles. The van der Waals surface area contributed by atoms with E-state index in [0.29, 0.717) is 0 Å². The molecule has 27 N–H and O–H groups in total. The van der Waals surface area contributed by atoms with Crippen molar-refractivity contribution in [3.8, 4) is 0 Å². The van der Waals surface area contributed by atoms with Crippen LogP contribution in [0.2, 0.25) is 0 Å². The van der Waals surface area contributed by atoms with E-state index in [4.69, 9.17) is 173 Å². The Bertz CT molecular complexity index is 763. The first kappa shape index (κ1) is 108. The van der Waals surface area contributed by atoms with Crippen molar-refractivity contribution in [1.82, 2.24) is 0 Å². The van der Waals surface area contributed by atoms with Gasteiger partial charge in [0.1, 0.15) is 0 Å². The second-order valence-corrected chi connectivity index (χ2v) is 13.9. The van der Waals surface area contributed by atoms with Gasteiger partial charge in [-0.25, -0.2) is 41.1 Å². The summed E-state index contributed by atoms with van der Waals surface area (Å²) in [5.74, 6) is 0. The van der Waals surface area contributed by atoms with Gasteiger partial charge in [-0.1, -0.05) is 0 Å². The molecule has 36 nitrogen and oxygen atoms in total. The fourth-order valence-corrected chi connectivity index (χ4v) is 0. The standard InChI is InChI=1S/7Na.9H3O4P.7H/c;;;;;;;9*1-5(2,3)4;;;;;;;/h;;;;;;;9*(H3,1,2,3,4);;;;;;;. The molecule has 0 saturated heterocycles. The van der Waals surface area contributed by atoms with Crippen LogP contribution in [-0.4, -0.2) is 339 Å². The molecule has 0 radical (unpaired) electrons. The van der Waals surface area contributed by atoms with Gasteiger partial charge in [0.05, 0.1) is 0 Å². The first-order valence-electron chi connectivity index (χ1n) is 7.04. The molecule has 0 aliphatic rings. The molecule has 0 aromatic heterocycles. The van der Waals surface area contributed by atoms with Gasteiger partial charge in [-0.3, -0.25) is 0 Å². The van der Waals surface area contributed by atoms with E-state index in [1.807, 2.05) is 0 Å². The topological polar surface area (TPSA) is 700 Å². The van der Waals surface area contributed by atoms with E-state index in [2.05, 4.69) is 0 Å². The van der Waals surface area contributed by atoms with Gasteiger partial charge in [-0.15, -0.1) is 0 Å². The van der Waals surface area contributed by atoms with E-state index in [9.17, 15) is 0 Å². The first-order valence-corrected chi connectivity index (χ1v) is 21.1. The molecule has 0 atom stereocenters. The van der Waals surface area contributed by atoms with Crippen LogP contribution in [0, 0.1) is 0 Å². The Balaban J connectivity index is -0.0000000197. The normalized spacial score (nSPS) is 10.2. The van der Waals surface area contributed by atoms with Crippen molar-refractivity contribution in [2.75, 3.05) is 0 Å². The van der Waals surface area contributed by atoms with Crippen molar-refractivity contribution >= 4 is 277 Å². The van der Waals surface area contributed by atoms with Crippen LogP contribution in [0.15, 0.2) is 0 Å². The van der Waals surface area contributed by atoms with Crippen LogP contribution in [0.3, 0.4) is 0 Å². The Hall–Kier alpha value is 7.99. The van der Waals surface area contributed by atoms with Crippen LogP contribution in [-0.2, 0) is 41.1 Å². The summed E-state index contributed by atoms with van der Waals surface area (Å²) in [7, 11) is -41.8. The maximum absolute atomic E-state index is 8.88. The molecule has 52 heteroatoms. The van der Waals surface area contributed by atoms with Crippen LogP contribution in [0.1, 0.15) is 0 Å². The molecule has 0 rings (SSSR count). The third-order valence-corrected chi connectivity index (χ3v) is 0. The van der Waals surface area contributed by atoms with Crippen molar-refractivity contribution in [2.45, 2.75) is 0 Å². The summed E-state index contributed by atoms with van der Waals surface area (Å²) in [5, 5.41) is 0. The van der Waals surface area contributed by atoms with Crippen molar-refractivity contribution in [3.63, 3.8) is 0 Å². The summed E-state index contributed by atoms with van der Waals surface area (Å²) in [6.45, 7) is 0.